The molecule has 0 unspecified atom stereocenters. The van der Waals surface area contributed by atoms with E-state index in [1.807, 2.05) is 36.4 Å². The lowest BCUT2D eigenvalue weighted by molar-refractivity contribution is 0.415. The van der Waals surface area contributed by atoms with Gasteiger partial charge in [0.1, 0.15) is 17.2 Å². The smallest absolute Gasteiger partial charge is 0.122 e. The molecule has 2 N–H and O–H groups in total. The summed E-state index contributed by atoms with van der Waals surface area (Å²) in [5.41, 5.74) is 1.85. The molecule has 0 aliphatic heterocycles. The highest BCUT2D eigenvalue weighted by Crippen LogP contribution is 2.23. The Morgan fingerprint density at radius 1 is 1.05 bits per heavy atom. The standard InChI is InChI=1S/C16H16O3/c1-19-15-9-5-12(6-10-15)3-2-4-13-7-8-14(17)11-16(13)18/h2-3,5-11,17-18H,4H2,1H3. The van der Waals surface area contributed by atoms with E-state index in [1.54, 1.807) is 19.2 Å². The molecule has 0 atom stereocenters. The SMILES string of the molecule is COc1ccc(C=CCc2ccc(O)cc2O)cc1. The van der Waals surface area contributed by atoms with Crippen molar-refractivity contribution in [2.45, 2.75) is 6.42 Å². The maximum atomic E-state index is 9.65. The maximum absolute atomic E-state index is 9.65. The van der Waals surface area contributed by atoms with E-state index in [0.717, 1.165) is 16.9 Å². The fraction of sp³-hybridized carbons (Fsp3) is 0.125. The van der Waals surface area contributed by atoms with Gasteiger partial charge in [0, 0.05) is 6.07 Å². The first-order valence-corrected chi connectivity index (χ1v) is 6.00. The summed E-state index contributed by atoms with van der Waals surface area (Å²) in [6.07, 6.45) is 4.55. The van der Waals surface area contributed by atoms with Gasteiger partial charge in [-0.05, 0) is 35.7 Å². The molecule has 0 aliphatic carbocycles. The first kappa shape index (κ1) is 13.0. The molecule has 0 bridgehead atoms. The van der Waals surface area contributed by atoms with E-state index >= 15 is 0 Å². The van der Waals surface area contributed by atoms with Crippen LogP contribution < -0.4 is 4.74 Å². The van der Waals surface area contributed by atoms with Crippen molar-refractivity contribution >= 4 is 6.08 Å². The Morgan fingerprint density at radius 3 is 2.42 bits per heavy atom. The van der Waals surface area contributed by atoms with Gasteiger partial charge in [0.15, 0.2) is 0 Å². The molecular formula is C16H16O3. The number of ether oxygens (including phenoxy) is 1. The number of phenols is 2. The average molecular weight is 256 g/mol. The Labute approximate surface area is 112 Å². The quantitative estimate of drug-likeness (QED) is 0.881. The third-order valence-electron chi connectivity index (χ3n) is 2.83. The normalized spacial score (nSPS) is 10.8. The summed E-state index contributed by atoms with van der Waals surface area (Å²) in [4.78, 5) is 0. The Balaban J connectivity index is 2.02. The van der Waals surface area contributed by atoms with Crippen molar-refractivity contribution in [3.8, 4) is 17.2 Å². The molecule has 0 saturated carbocycles. The van der Waals surface area contributed by atoms with Crippen LogP contribution in [0.5, 0.6) is 17.2 Å². The van der Waals surface area contributed by atoms with Crippen molar-refractivity contribution in [2.24, 2.45) is 0 Å². The second-order valence-electron chi connectivity index (χ2n) is 4.19. The molecule has 3 heteroatoms. The van der Waals surface area contributed by atoms with Crippen LogP contribution >= 0.6 is 0 Å². The summed E-state index contributed by atoms with van der Waals surface area (Å²) >= 11 is 0. The van der Waals surface area contributed by atoms with E-state index in [9.17, 15) is 10.2 Å². The van der Waals surface area contributed by atoms with Crippen LogP contribution in [-0.4, -0.2) is 17.3 Å². The number of benzene rings is 2. The summed E-state index contributed by atoms with van der Waals surface area (Å²) < 4.78 is 5.09. The Morgan fingerprint density at radius 2 is 1.79 bits per heavy atom. The predicted molar refractivity (Wildman–Crippen MR) is 75.5 cm³/mol. The highest BCUT2D eigenvalue weighted by atomic mass is 16.5. The van der Waals surface area contributed by atoms with Gasteiger partial charge in [-0.2, -0.15) is 0 Å². The average Bonchev–Trinajstić information content (AvgIpc) is 2.42. The topological polar surface area (TPSA) is 49.7 Å². The minimum absolute atomic E-state index is 0.0698. The van der Waals surface area contributed by atoms with Crippen LogP contribution in [0, 0.1) is 0 Å². The van der Waals surface area contributed by atoms with Crippen LogP contribution in [0.3, 0.4) is 0 Å². The van der Waals surface area contributed by atoms with E-state index < -0.39 is 0 Å². The highest BCUT2D eigenvalue weighted by molar-refractivity contribution is 5.52. The number of hydrogen-bond acceptors (Lipinski definition) is 3. The van der Waals surface area contributed by atoms with Gasteiger partial charge in [-0.15, -0.1) is 0 Å². The first-order valence-electron chi connectivity index (χ1n) is 6.00. The number of allylic oxidation sites excluding steroid dienone is 1. The molecule has 2 aromatic carbocycles. The molecule has 0 saturated heterocycles. The van der Waals surface area contributed by atoms with Crippen LogP contribution in [0.15, 0.2) is 48.5 Å². The van der Waals surface area contributed by atoms with Gasteiger partial charge in [0.2, 0.25) is 0 Å². The predicted octanol–water partition coefficient (Wildman–Crippen LogP) is 3.36. The lowest BCUT2D eigenvalue weighted by Crippen LogP contribution is -1.83. The summed E-state index contributed by atoms with van der Waals surface area (Å²) in [6.45, 7) is 0. The van der Waals surface area contributed by atoms with Crippen LogP contribution in [-0.2, 0) is 6.42 Å². The number of hydrogen-bond donors (Lipinski definition) is 2. The zero-order valence-electron chi connectivity index (χ0n) is 10.7. The van der Waals surface area contributed by atoms with Crippen LogP contribution in [0.25, 0.3) is 6.08 Å². The monoisotopic (exact) mass is 256 g/mol. The molecule has 98 valence electrons. The molecular weight excluding hydrogens is 240 g/mol. The Hall–Kier alpha value is -2.42. The second-order valence-corrected chi connectivity index (χ2v) is 4.19. The number of rotatable bonds is 4. The molecule has 2 rings (SSSR count). The molecule has 0 aromatic heterocycles. The minimum Gasteiger partial charge on any atom is -0.508 e. The van der Waals surface area contributed by atoms with Crippen molar-refractivity contribution in [2.75, 3.05) is 7.11 Å². The number of phenolic OH excluding ortho intramolecular Hbond substituents is 2. The van der Waals surface area contributed by atoms with Crippen molar-refractivity contribution in [3.63, 3.8) is 0 Å². The second kappa shape index (κ2) is 5.96. The third-order valence-corrected chi connectivity index (χ3v) is 2.83. The minimum atomic E-state index is 0.0698. The van der Waals surface area contributed by atoms with Gasteiger partial charge in [-0.25, -0.2) is 0 Å². The van der Waals surface area contributed by atoms with Crippen molar-refractivity contribution in [1.82, 2.24) is 0 Å². The lowest BCUT2D eigenvalue weighted by Gasteiger charge is -2.02. The number of methoxy groups -OCH3 is 1. The maximum Gasteiger partial charge on any atom is 0.122 e. The van der Waals surface area contributed by atoms with Gasteiger partial charge in [-0.1, -0.05) is 30.4 Å². The molecule has 0 aliphatic rings. The van der Waals surface area contributed by atoms with E-state index in [-0.39, 0.29) is 11.5 Å². The fourth-order valence-corrected chi connectivity index (χ4v) is 1.76. The zero-order valence-corrected chi connectivity index (χ0v) is 10.7. The molecule has 0 fully saturated rings. The molecule has 0 spiro atoms. The summed E-state index contributed by atoms with van der Waals surface area (Å²) in [5.74, 6) is 1.01. The fourth-order valence-electron chi connectivity index (χ4n) is 1.76. The van der Waals surface area contributed by atoms with Crippen LogP contribution in [0.2, 0.25) is 0 Å². The summed E-state index contributed by atoms with van der Waals surface area (Å²) in [5, 5.41) is 18.8. The van der Waals surface area contributed by atoms with Gasteiger partial charge in [-0.3, -0.25) is 0 Å². The molecule has 0 amide bonds. The Bertz CT molecular complexity index is 571. The van der Waals surface area contributed by atoms with E-state index in [4.69, 9.17) is 4.74 Å². The van der Waals surface area contributed by atoms with Crippen molar-refractivity contribution < 1.29 is 14.9 Å². The van der Waals surface area contributed by atoms with Gasteiger partial charge < -0.3 is 14.9 Å². The molecule has 0 radical (unpaired) electrons. The third kappa shape index (κ3) is 3.52. The van der Waals surface area contributed by atoms with Gasteiger partial charge in [0.05, 0.1) is 7.11 Å². The van der Waals surface area contributed by atoms with Crippen molar-refractivity contribution in [1.29, 1.82) is 0 Å². The van der Waals surface area contributed by atoms with E-state index in [0.29, 0.717) is 6.42 Å². The number of aromatic hydroxyl groups is 2. The van der Waals surface area contributed by atoms with E-state index in [1.165, 1.54) is 6.07 Å². The molecule has 3 nitrogen and oxygen atoms in total. The Kier molecular flexibility index (Phi) is 4.08. The summed E-state index contributed by atoms with van der Waals surface area (Å²) in [6, 6.07) is 12.4. The highest BCUT2D eigenvalue weighted by Gasteiger charge is 1.99. The molecule has 0 heterocycles. The lowest BCUT2D eigenvalue weighted by atomic mass is 10.1. The van der Waals surface area contributed by atoms with Crippen LogP contribution in [0.1, 0.15) is 11.1 Å². The van der Waals surface area contributed by atoms with Gasteiger partial charge in [0.25, 0.3) is 0 Å². The largest absolute Gasteiger partial charge is 0.508 e. The molecule has 19 heavy (non-hydrogen) atoms. The first-order chi connectivity index (χ1) is 9.19. The van der Waals surface area contributed by atoms with Crippen molar-refractivity contribution in [3.05, 3.63) is 59.7 Å². The van der Waals surface area contributed by atoms with E-state index in [2.05, 4.69) is 0 Å². The van der Waals surface area contributed by atoms with Gasteiger partial charge >= 0.3 is 0 Å². The van der Waals surface area contributed by atoms with Crippen LogP contribution in [0.4, 0.5) is 0 Å². The molecule has 2 aromatic rings. The summed E-state index contributed by atoms with van der Waals surface area (Å²) in [7, 11) is 1.64. The zero-order chi connectivity index (χ0) is 13.7.